The number of carbonyl (C=O) groups is 2. The van der Waals surface area contributed by atoms with Crippen LogP contribution in [0.2, 0.25) is 0 Å². The van der Waals surface area contributed by atoms with E-state index in [-0.39, 0.29) is 5.75 Å². The molecule has 2 aromatic rings. The Kier molecular flexibility index (Phi) is 5.84. The van der Waals surface area contributed by atoms with Gasteiger partial charge in [0.1, 0.15) is 18.0 Å². The molecule has 2 aromatic carbocycles. The zero-order valence-corrected chi connectivity index (χ0v) is 13.8. The van der Waals surface area contributed by atoms with Crippen molar-refractivity contribution < 1.29 is 19.1 Å². The summed E-state index contributed by atoms with van der Waals surface area (Å²) in [6, 6.07) is 8.67. The Morgan fingerprint density at radius 3 is 2.32 bits per heavy atom. The minimum atomic E-state index is -0.580. The smallest absolute Gasteiger partial charge is 0.249 e. The molecule has 25 heavy (non-hydrogen) atoms. The van der Waals surface area contributed by atoms with Gasteiger partial charge in [-0.15, -0.1) is 0 Å². The molecule has 0 aliphatic carbocycles. The van der Waals surface area contributed by atoms with E-state index in [4.69, 9.17) is 0 Å². The fraction of sp³-hybridized carbons (Fsp3) is 0.167. The van der Waals surface area contributed by atoms with E-state index in [2.05, 4.69) is 15.8 Å². The number of hydrazone groups is 1. The number of phenolic OH excluding ortho intramolecular Hbond substituents is 1. The summed E-state index contributed by atoms with van der Waals surface area (Å²) < 4.78 is 12.8. The molecule has 0 saturated carbocycles. The van der Waals surface area contributed by atoms with Gasteiger partial charge in [0, 0.05) is 5.69 Å². The van der Waals surface area contributed by atoms with Gasteiger partial charge in [-0.2, -0.15) is 5.10 Å². The molecule has 2 rings (SSSR count). The van der Waals surface area contributed by atoms with Gasteiger partial charge >= 0.3 is 0 Å². The van der Waals surface area contributed by atoms with E-state index in [1.54, 1.807) is 26.0 Å². The molecule has 0 aliphatic rings. The average molecular weight is 343 g/mol. The van der Waals surface area contributed by atoms with E-state index >= 15 is 0 Å². The van der Waals surface area contributed by atoms with Crippen molar-refractivity contribution in [2.75, 3.05) is 5.32 Å². The Morgan fingerprint density at radius 1 is 1.12 bits per heavy atom. The lowest BCUT2D eigenvalue weighted by Gasteiger charge is -2.05. The van der Waals surface area contributed by atoms with Crippen LogP contribution in [0.5, 0.6) is 5.75 Å². The van der Waals surface area contributed by atoms with E-state index < -0.39 is 24.1 Å². The molecule has 0 fully saturated rings. The Balaban J connectivity index is 1.85. The third-order valence-electron chi connectivity index (χ3n) is 3.37. The number of aryl methyl sites for hydroxylation is 2. The molecule has 2 amide bonds. The highest BCUT2D eigenvalue weighted by molar-refractivity contribution is 6.03. The molecule has 7 heteroatoms. The Morgan fingerprint density at radius 2 is 1.72 bits per heavy atom. The SMILES string of the molecule is Cc1cc(C=NNC(=O)CC(=O)Nc2ccc(F)cc2)cc(C)c1O. The van der Waals surface area contributed by atoms with Crippen LogP contribution in [-0.2, 0) is 9.59 Å². The van der Waals surface area contributed by atoms with Crippen LogP contribution in [-0.4, -0.2) is 23.1 Å². The highest BCUT2D eigenvalue weighted by atomic mass is 19.1. The van der Waals surface area contributed by atoms with Crippen molar-refractivity contribution in [3.8, 4) is 5.75 Å². The van der Waals surface area contributed by atoms with Crippen molar-refractivity contribution >= 4 is 23.7 Å². The van der Waals surface area contributed by atoms with Crippen LogP contribution in [0.3, 0.4) is 0 Å². The largest absolute Gasteiger partial charge is 0.507 e. The Hall–Kier alpha value is -3.22. The van der Waals surface area contributed by atoms with E-state index in [0.717, 1.165) is 0 Å². The van der Waals surface area contributed by atoms with E-state index in [9.17, 15) is 19.1 Å². The molecular weight excluding hydrogens is 325 g/mol. The lowest BCUT2D eigenvalue weighted by molar-refractivity contribution is -0.126. The van der Waals surface area contributed by atoms with Gasteiger partial charge in [-0.3, -0.25) is 9.59 Å². The Labute approximate surface area is 144 Å². The monoisotopic (exact) mass is 343 g/mol. The van der Waals surface area contributed by atoms with Gasteiger partial charge in [-0.25, -0.2) is 9.82 Å². The predicted octanol–water partition coefficient (Wildman–Crippen LogP) is 2.63. The maximum Gasteiger partial charge on any atom is 0.249 e. The molecule has 6 nitrogen and oxygen atoms in total. The lowest BCUT2D eigenvalue weighted by atomic mass is 10.1. The van der Waals surface area contributed by atoms with E-state index in [1.165, 1.54) is 30.5 Å². The minimum Gasteiger partial charge on any atom is -0.507 e. The zero-order chi connectivity index (χ0) is 18.4. The first kappa shape index (κ1) is 18.1. The number of hydrogen-bond donors (Lipinski definition) is 3. The summed E-state index contributed by atoms with van der Waals surface area (Å²) in [7, 11) is 0. The topological polar surface area (TPSA) is 90.8 Å². The fourth-order valence-corrected chi connectivity index (χ4v) is 2.17. The number of nitrogens with zero attached hydrogens (tertiary/aromatic N) is 1. The fourth-order valence-electron chi connectivity index (χ4n) is 2.17. The van der Waals surface area contributed by atoms with Gasteiger partial charge in [-0.05, 0) is 66.9 Å². The van der Waals surface area contributed by atoms with Crippen LogP contribution in [0.1, 0.15) is 23.1 Å². The van der Waals surface area contributed by atoms with Crippen LogP contribution < -0.4 is 10.7 Å². The van der Waals surface area contributed by atoms with Gasteiger partial charge in [0.25, 0.3) is 0 Å². The van der Waals surface area contributed by atoms with E-state index in [1.807, 2.05) is 0 Å². The number of anilines is 1. The molecule has 0 saturated heterocycles. The summed E-state index contributed by atoms with van der Waals surface area (Å²) >= 11 is 0. The van der Waals surface area contributed by atoms with Crippen molar-refractivity contribution in [1.29, 1.82) is 0 Å². The molecular formula is C18H18FN3O3. The van der Waals surface area contributed by atoms with E-state index in [0.29, 0.717) is 22.4 Å². The van der Waals surface area contributed by atoms with Gasteiger partial charge < -0.3 is 10.4 Å². The first-order chi connectivity index (χ1) is 11.8. The molecule has 0 bridgehead atoms. The van der Waals surface area contributed by atoms with Crippen LogP contribution >= 0.6 is 0 Å². The number of phenols is 1. The highest BCUT2D eigenvalue weighted by Crippen LogP contribution is 2.21. The van der Waals surface area contributed by atoms with Crippen LogP contribution in [0.15, 0.2) is 41.5 Å². The summed E-state index contributed by atoms with van der Waals surface area (Å²) in [5, 5.41) is 16.0. The summed E-state index contributed by atoms with van der Waals surface area (Å²) in [6.45, 7) is 3.52. The van der Waals surface area contributed by atoms with Crippen molar-refractivity contribution in [3.63, 3.8) is 0 Å². The normalized spacial score (nSPS) is 10.7. The second-order valence-electron chi connectivity index (χ2n) is 5.53. The summed E-state index contributed by atoms with van der Waals surface area (Å²) in [6.07, 6.45) is 1.01. The second-order valence-corrected chi connectivity index (χ2v) is 5.53. The molecule has 0 heterocycles. The first-order valence-corrected chi connectivity index (χ1v) is 7.52. The summed E-state index contributed by atoms with van der Waals surface area (Å²) in [4.78, 5) is 23.4. The minimum absolute atomic E-state index is 0.221. The third kappa shape index (κ3) is 5.42. The van der Waals surface area contributed by atoms with Gasteiger partial charge in [-0.1, -0.05) is 0 Å². The Bertz CT molecular complexity index is 794. The molecule has 0 aromatic heterocycles. The molecule has 0 unspecified atom stereocenters. The number of carbonyl (C=O) groups excluding carboxylic acids is 2. The molecule has 0 spiro atoms. The number of amides is 2. The van der Waals surface area contributed by atoms with Gasteiger partial charge in [0.2, 0.25) is 11.8 Å². The predicted molar refractivity (Wildman–Crippen MR) is 93.0 cm³/mol. The van der Waals surface area contributed by atoms with Crippen LogP contribution in [0.4, 0.5) is 10.1 Å². The number of nitrogens with one attached hydrogen (secondary N) is 2. The van der Waals surface area contributed by atoms with Crippen LogP contribution in [0, 0.1) is 19.7 Å². The lowest BCUT2D eigenvalue weighted by Crippen LogP contribution is -2.24. The molecule has 3 N–H and O–H groups in total. The van der Waals surface area contributed by atoms with Gasteiger partial charge in [0.05, 0.1) is 6.21 Å². The molecule has 0 aliphatic heterocycles. The standard InChI is InChI=1S/C18H18FN3O3/c1-11-7-13(8-12(2)18(11)25)10-20-22-17(24)9-16(23)21-15-5-3-14(19)4-6-15/h3-8,10,25H,9H2,1-2H3,(H,21,23)(H,22,24). The number of rotatable bonds is 5. The highest BCUT2D eigenvalue weighted by Gasteiger charge is 2.09. The number of aromatic hydroxyl groups is 1. The number of hydrogen-bond acceptors (Lipinski definition) is 4. The molecule has 130 valence electrons. The first-order valence-electron chi connectivity index (χ1n) is 7.52. The molecule has 0 radical (unpaired) electrons. The second kappa shape index (κ2) is 8.05. The zero-order valence-electron chi connectivity index (χ0n) is 13.8. The summed E-state index contributed by atoms with van der Waals surface area (Å²) in [5.41, 5.74) is 4.77. The van der Waals surface area contributed by atoms with Crippen molar-refractivity contribution in [2.45, 2.75) is 20.3 Å². The third-order valence-corrected chi connectivity index (χ3v) is 3.37. The van der Waals surface area contributed by atoms with Crippen molar-refractivity contribution in [2.24, 2.45) is 5.10 Å². The van der Waals surface area contributed by atoms with Crippen LogP contribution in [0.25, 0.3) is 0 Å². The van der Waals surface area contributed by atoms with Crippen molar-refractivity contribution in [1.82, 2.24) is 5.43 Å². The summed E-state index contributed by atoms with van der Waals surface area (Å²) in [5.74, 6) is -1.30. The molecule has 0 atom stereocenters. The maximum absolute atomic E-state index is 12.8. The van der Waals surface area contributed by atoms with Gasteiger partial charge in [0.15, 0.2) is 0 Å². The quantitative estimate of drug-likeness (QED) is 0.443. The number of benzene rings is 2. The average Bonchev–Trinajstić information content (AvgIpc) is 2.54. The number of halogens is 1. The maximum atomic E-state index is 12.8. The van der Waals surface area contributed by atoms with Crippen molar-refractivity contribution in [3.05, 3.63) is 58.9 Å².